The summed E-state index contributed by atoms with van der Waals surface area (Å²) >= 11 is 5.74. The second-order valence-electron chi connectivity index (χ2n) is 3.90. The average Bonchev–Trinajstić information content (AvgIpc) is 2.16. The first kappa shape index (κ1) is 12.8. The summed E-state index contributed by atoms with van der Waals surface area (Å²) in [6.07, 6.45) is 0.939. The molecule has 0 aliphatic heterocycles. The molecule has 5 heteroatoms. The van der Waals surface area contributed by atoms with Crippen molar-refractivity contribution >= 4 is 17.3 Å². The molecular formula is C11H14ClNO3. The van der Waals surface area contributed by atoms with E-state index < -0.39 is 4.92 Å². The lowest BCUT2D eigenvalue weighted by molar-refractivity contribution is -0.384. The minimum absolute atomic E-state index is 0.0992. The van der Waals surface area contributed by atoms with Gasteiger partial charge in [0.1, 0.15) is 10.8 Å². The van der Waals surface area contributed by atoms with E-state index >= 15 is 0 Å². The summed E-state index contributed by atoms with van der Waals surface area (Å²) < 4.78 is 5.43. The van der Waals surface area contributed by atoms with Gasteiger partial charge in [0.25, 0.3) is 5.69 Å². The monoisotopic (exact) mass is 243 g/mol. The normalized spacial score (nSPS) is 10.5. The summed E-state index contributed by atoms with van der Waals surface area (Å²) in [5, 5.41) is 10.6. The van der Waals surface area contributed by atoms with Gasteiger partial charge in [0, 0.05) is 12.1 Å². The minimum atomic E-state index is -0.514. The van der Waals surface area contributed by atoms with Crippen LogP contribution in [0.4, 0.5) is 5.69 Å². The van der Waals surface area contributed by atoms with Gasteiger partial charge in [-0.1, -0.05) is 25.4 Å². The minimum Gasteiger partial charge on any atom is -0.494 e. The predicted molar refractivity (Wildman–Crippen MR) is 63.1 cm³/mol. The summed E-state index contributed by atoms with van der Waals surface area (Å²) in [4.78, 5) is 10.0. The topological polar surface area (TPSA) is 52.4 Å². The number of hydrogen-bond donors (Lipinski definition) is 0. The Morgan fingerprint density at radius 3 is 2.69 bits per heavy atom. The van der Waals surface area contributed by atoms with Crippen LogP contribution in [0.2, 0.25) is 5.02 Å². The van der Waals surface area contributed by atoms with Gasteiger partial charge in [-0.2, -0.15) is 0 Å². The molecule has 0 amide bonds. The Hall–Kier alpha value is -1.29. The first-order valence-corrected chi connectivity index (χ1v) is 5.45. The third-order valence-electron chi connectivity index (χ3n) is 2.08. The van der Waals surface area contributed by atoms with E-state index in [0.717, 1.165) is 6.42 Å². The largest absolute Gasteiger partial charge is 0.494 e. The number of rotatable bonds is 5. The molecule has 0 aliphatic carbocycles. The molecule has 0 radical (unpaired) electrons. The van der Waals surface area contributed by atoms with Gasteiger partial charge in [0.05, 0.1) is 11.5 Å². The maximum atomic E-state index is 10.5. The molecule has 16 heavy (non-hydrogen) atoms. The van der Waals surface area contributed by atoms with Crippen molar-refractivity contribution in [3.63, 3.8) is 0 Å². The Labute approximate surface area is 99.3 Å². The van der Waals surface area contributed by atoms with Gasteiger partial charge in [0.2, 0.25) is 0 Å². The Morgan fingerprint density at radius 1 is 1.50 bits per heavy atom. The van der Waals surface area contributed by atoms with Crippen molar-refractivity contribution in [1.82, 2.24) is 0 Å². The molecular weight excluding hydrogens is 230 g/mol. The molecule has 0 spiro atoms. The lowest BCUT2D eigenvalue weighted by Gasteiger charge is -2.08. The summed E-state index contributed by atoms with van der Waals surface area (Å²) in [6, 6.07) is 4.39. The van der Waals surface area contributed by atoms with Crippen LogP contribution in [-0.4, -0.2) is 11.5 Å². The number of halogens is 1. The molecule has 0 fully saturated rings. The maximum absolute atomic E-state index is 10.5. The first-order chi connectivity index (χ1) is 7.50. The Balaban J connectivity index is 2.63. The summed E-state index contributed by atoms with van der Waals surface area (Å²) in [6.45, 7) is 4.80. The Bertz CT molecular complexity index is 379. The third-order valence-corrected chi connectivity index (χ3v) is 2.38. The Kier molecular flexibility index (Phi) is 4.55. The molecule has 1 aromatic carbocycles. The van der Waals surface area contributed by atoms with Gasteiger partial charge in [-0.25, -0.2) is 0 Å². The molecule has 1 aromatic rings. The molecule has 0 heterocycles. The summed E-state index contributed by atoms with van der Waals surface area (Å²) in [5.74, 6) is 1.13. The van der Waals surface area contributed by atoms with Crippen molar-refractivity contribution < 1.29 is 9.66 Å². The SMILES string of the molecule is CC(C)CCOc1ccc([N+](=O)[O-])c(Cl)c1. The average molecular weight is 244 g/mol. The van der Waals surface area contributed by atoms with Crippen LogP contribution in [0, 0.1) is 16.0 Å². The van der Waals surface area contributed by atoms with Crippen molar-refractivity contribution in [2.45, 2.75) is 20.3 Å². The molecule has 88 valence electrons. The van der Waals surface area contributed by atoms with Crippen LogP contribution in [0.25, 0.3) is 0 Å². The number of nitro groups is 1. The van der Waals surface area contributed by atoms with E-state index in [1.165, 1.54) is 12.1 Å². The quantitative estimate of drug-likeness (QED) is 0.586. The number of hydrogen-bond acceptors (Lipinski definition) is 3. The van der Waals surface area contributed by atoms with E-state index in [-0.39, 0.29) is 10.7 Å². The highest BCUT2D eigenvalue weighted by Gasteiger charge is 2.12. The fraction of sp³-hybridized carbons (Fsp3) is 0.455. The molecule has 0 saturated heterocycles. The van der Waals surface area contributed by atoms with Gasteiger partial charge in [-0.05, 0) is 18.4 Å². The van der Waals surface area contributed by atoms with Crippen molar-refractivity contribution in [2.75, 3.05) is 6.61 Å². The fourth-order valence-electron chi connectivity index (χ4n) is 1.14. The van der Waals surface area contributed by atoms with E-state index in [9.17, 15) is 10.1 Å². The second-order valence-corrected chi connectivity index (χ2v) is 4.31. The second kappa shape index (κ2) is 5.70. The lowest BCUT2D eigenvalue weighted by Crippen LogP contribution is -2.01. The van der Waals surface area contributed by atoms with Gasteiger partial charge in [-0.15, -0.1) is 0 Å². The van der Waals surface area contributed by atoms with Crippen LogP contribution in [0.3, 0.4) is 0 Å². The Morgan fingerprint density at radius 2 is 2.19 bits per heavy atom. The molecule has 1 rings (SSSR count). The van der Waals surface area contributed by atoms with Crippen molar-refractivity contribution in [1.29, 1.82) is 0 Å². The van der Waals surface area contributed by atoms with Crippen molar-refractivity contribution in [3.05, 3.63) is 33.3 Å². The smallest absolute Gasteiger partial charge is 0.288 e. The van der Waals surface area contributed by atoms with Crippen LogP contribution >= 0.6 is 11.6 Å². The van der Waals surface area contributed by atoms with Crippen LogP contribution < -0.4 is 4.74 Å². The number of ether oxygens (including phenoxy) is 1. The number of benzene rings is 1. The van der Waals surface area contributed by atoms with Crippen LogP contribution in [-0.2, 0) is 0 Å². The maximum Gasteiger partial charge on any atom is 0.288 e. The zero-order chi connectivity index (χ0) is 12.1. The van der Waals surface area contributed by atoms with E-state index in [2.05, 4.69) is 13.8 Å². The first-order valence-electron chi connectivity index (χ1n) is 5.07. The van der Waals surface area contributed by atoms with E-state index in [1.807, 2.05) is 0 Å². The highest BCUT2D eigenvalue weighted by molar-refractivity contribution is 6.32. The fourth-order valence-corrected chi connectivity index (χ4v) is 1.38. The molecule has 0 aromatic heterocycles. The van der Waals surface area contributed by atoms with E-state index in [0.29, 0.717) is 18.3 Å². The van der Waals surface area contributed by atoms with Crippen molar-refractivity contribution in [2.24, 2.45) is 5.92 Å². The van der Waals surface area contributed by atoms with Gasteiger partial charge in [-0.3, -0.25) is 10.1 Å². The zero-order valence-electron chi connectivity index (χ0n) is 9.27. The lowest BCUT2D eigenvalue weighted by atomic mass is 10.1. The summed E-state index contributed by atoms with van der Waals surface area (Å²) in [7, 11) is 0. The highest BCUT2D eigenvalue weighted by atomic mass is 35.5. The molecule has 0 saturated carbocycles. The number of nitrogens with zero attached hydrogens (tertiary/aromatic N) is 1. The molecule has 4 nitrogen and oxygen atoms in total. The van der Waals surface area contributed by atoms with Crippen molar-refractivity contribution in [3.8, 4) is 5.75 Å². The van der Waals surface area contributed by atoms with Gasteiger partial charge in [0.15, 0.2) is 0 Å². The zero-order valence-corrected chi connectivity index (χ0v) is 10.0. The molecule has 0 atom stereocenters. The van der Waals surface area contributed by atoms with Gasteiger partial charge < -0.3 is 4.74 Å². The molecule has 0 N–H and O–H groups in total. The van der Waals surface area contributed by atoms with E-state index in [1.54, 1.807) is 6.07 Å². The molecule has 0 unspecified atom stereocenters. The number of nitro benzene ring substituents is 1. The van der Waals surface area contributed by atoms with Crippen LogP contribution in [0.5, 0.6) is 5.75 Å². The predicted octanol–water partition coefficient (Wildman–Crippen LogP) is 3.67. The van der Waals surface area contributed by atoms with Crippen LogP contribution in [0.1, 0.15) is 20.3 Å². The van der Waals surface area contributed by atoms with Gasteiger partial charge >= 0.3 is 0 Å². The third kappa shape index (κ3) is 3.70. The molecule has 0 bridgehead atoms. The highest BCUT2D eigenvalue weighted by Crippen LogP contribution is 2.28. The molecule has 0 aliphatic rings. The standard InChI is InChI=1S/C11H14ClNO3/c1-8(2)5-6-16-9-3-4-11(13(14)15)10(12)7-9/h3-4,7-8H,5-6H2,1-2H3. The summed E-state index contributed by atoms with van der Waals surface area (Å²) in [5.41, 5.74) is -0.0992. The van der Waals surface area contributed by atoms with Crippen LogP contribution in [0.15, 0.2) is 18.2 Å². The van der Waals surface area contributed by atoms with E-state index in [4.69, 9.17) is 16.3 Å².